The lowest BCUT2D eigenvalue weighted by Gasteiger charge is -2.34. The van der Waals surface area contributed by atoms with Crippen LogP contribution in [-0.2, 0) is 21.2 Å². The molecule has 1 aliphatic carbocycles. The summed E-state index contributed by atoms with van der Waals surface area (Å²) < 4.78 is 69.5. The molecule has 0 aromatic heterocycles. The molecule has 40 heavy (non-hydrogen) atoms. The van der Waals surface area contributed by atoms with Gasteiger partial charge in [0.15, 0.2) is 0 Å². The molecule has 2 N–H and O–H groups in total. The molecule has 1 spiro atoms. The molecule has 3 aliphatic rings. The second-order valence-electron chi connectivity index (χ2n) is 10.8. The first-order valence-corrected chi connectivity index (χ1v) is 15.1. The number of alkyl halides is 3. The third kappa shape index (κ3) is 6.43. The minimum absolute atomic E-state index is 0.0387. The Morgan fingerprint density at radius 1 is 1.12 bits per heavy atom. The molecule has 1 amide bonds. The second-order valence-corrected chi connectivity index (χ2v) is 12.8. The van der Waals surface area contributed by atoms with Crippen molar-refractivity contribution in [3.05, 3.63) is 59.2 Å². The van der Waals surface area contributed by atoms with Crippen molar-refractivity contribution in [3.8, 4) is 5.75 Å². The summed E-state index contributed by atoms with van der Waals surface area (Å²) in [4.78, 5) is 17.4. The van der Waals surface area contributed by atoms with Gasteiger partial charge in [0.2, 0.25) is 10.0 Å². The van der Waals surface area contributed by atoms with Crippen LogP contribution in [0.3, 0.4) is 0 Å². The van der Waals surface area contributed by atoms with Gasteiger partial charge in [0, 0.05) is 30.4 Å². The van der Waals surface area contributed by atoms with Gasteiger partial charge in [-0.25, -0.2) is 12.7 Å². The first-order chi connectivity index (χ1) is 18.9. The average Bonchev–Trinajstić information content (AvgIpc) is 3.51. The Hall–Kier alpha value is -3.12. The predicted octanol–water partition coefficient (Wildman–Crippen LogP) is 4.53. The maximum atomic E-state index is 13.2. The molecular weight excluding hydrogens is 545 g/mol. The molecule has 0 unspecified atom stereocenters. The fourth-order valence-electron chi connectivity index (χ4n) is 5.71. The van der Waals surface area contributed by atoms with E-state index in [0.29, 0.717) is 12.5 Å². The molecule has 216 valence electrons. The maximum Gasteiger partial charge on any atom is 0.573 e. The van der Waals surface area contributed by atoms with Crippen molar-refractivity contribution in [2.24, 2.45) is 4.99 Å². The monoisotopic (exact) mass is 578 g/mol. The number of rotatable bonds is 8. The van der Waals surface area contributed by atoms with Gasteiger partial charge in [0.25, 0.3) is 5.91 Å². The molecule has 2 aromatic rings. The molecule has 2 fully saturated rings. The van der Waals surface area contributed by atoms with Crippen LogP contribution in [0.25, 0.3) is 0 Å². The van der Waals surface area contributed by atoms with Crippen molar-refractivity contribution in [2.75, 3.05) is 24.2 Å². The lowest BCUT2D eigenvalue weighted by Crippen LogP contribution is -2.50. The standard InChI is InChI=1S/C28H33F3N4O4S/c1-19-17-23(32-22-6-2-3-7-22)10-9-20(19)11-16-40(37,38)35-14-12-27(13-15-35)26(36)33-25(34-27)21-5-4-8-24(18-21)39-28(29,30)31/h4-5,8-10,17-18,22,32H,2-3,6-7,11-16H2,1H3,(H,33,34,36). The van der Waals surface area contributed by atoms with Gasteiger partial charge in [-0.2, -0.15) is 0 Å². The van der Waals surface area contributed by atoms with Crippen LogP contribution >= 0.6 is 0 Å². The van der Waals surface area contributed by atoms with Gasteiger partial charge < -0.3 is 15.4 Å². The number of carbonyl (C=O) groups is 1. The number of benzene rings is 2. The number of anilines is 1. The number of nitrogens with zero attached hydrogens (tertiary/aromatic N) is 2. The molecule has 1 saturated carbocycles. The zero-order chi connectivity index (χ0) is 28.5. The number of hydrogen-bond donors (Lipinski definition) is 2. The van der Waals surface area contributed by atoms with Gasteiger partial charge in [0.1, 0.15) is 17.1 Å². The lowest BCUT2D eigenvalue weighted by molar-refractivity contribution is -0.274. The van der Waals surface area contributed by atoms with Crippen LogP contribution < -0.4 is 15.4 Å². The summed E-state index contributed by atoms with van der Waals surface area (Å²) in [5.74, 6) is -0.694. The Kier molecular flexibility index (Phi) is 7.84. The van der Waals surface area contributed by atoms with Gasteiger partial charge in [-0.1, -0.05) is 31.0 Å². The first-order valence-electron chi connectivity index (χ1n) is 13.5. The van der Waals surface area contributed by atoms with Gasteiger partial charge in [-0.05, 0) is 74.4 Å². The Morgan fingerprint density at radius 3 is 2.52 bits per heavy atom. The van der Waals surface area contributed by atoms with Crippen LogP contribution in [0.15, 0.2) is 47.5 Å². The number of aryl methyl sites for hydroxylation is 2. The van der Waals surface area contributed by atoms with Crippen LogP contribution in [0, 0.1) is 6.92 Å². The molecule has 0 atom stereocenters. The fourth-order valence-corrected chi connectivity index (χ4v) is 7.18. The van der Waals surface area contributed by atoms with Crippen LogP contribution in [0.5, 0.6) is 5.75 Å². The number of sulfonamides is 1. The van der Waals surface area contributed by atoms with Crippen molar-refractivity contribution in [3.63, 3.8) is 0 Å². The Labute approximate surface area is 232 Å². The number of aliphatic imine (C=N–C) groups is 1. The largest absolute Gasteiger partial charge is 0.573 e. The molecule has 12 heteroatoms. The molecule has 1 saturated heterocycles. The fraction of sp³-hybridized carbons (Fsp3) is 0.500. The van der Waals surface area contributed by atoms with Crippen molar-refractivity contribution in [2.45, 2.75) is 69.8 Å². The number of piperidine rings is 1. The second kappa shape index (κ2) is 11.0. The molecule has 2 aliphatic heterocycles. The van der Waals surface area contributed by atoms with Gasteiger partial charge >= 0.3 is 6.36 Å². The maximum absolute atomic E-state index is 13.2. The third-order valence-electron chi connectivity index (χ3n) is 7.96. The van der Waals surface area contributed by atoms with Gasteiger partial charge in [0.05, 0.1) is 5.75 Å². The summed E-state index contributed by atoms with van der Waals surface area (Å²) in [6.07, 6.45) is 0.755. The van der Waals surface area contributed by atoms with Crippen LogP contribution in [0.1, 0.15) is 55.2 Å². The normalized spacial score (nSPS) is 20.0. The molecule has 0 radical (unpaired) electrons. The molecular formula is C28H33F3N4O4S. The SMILES string of the molecule is Cc1cc(NC2CCCC2)ccc1CCS(=O)(=O)N1CCC2(CC1)N=C(c1cccc(OC(F)(F)F)c1)NC2=O. The summed E-state index contributed by atoms with van der Waals surface area (Å²) in [5, 5.41) is 6.22. The van der Waals surface area contributed by atoms with Crippen molar-refractivity contribution >= 4 is 27.5 Å². The third-order valence-corrected chi connectivity index (χ3v) is 9.83. The zero-order valence-electron chi connectivity index (χ0n) is 22.3. The number of nitrogens with one attached hydrogen (secondary N) is 2. The Morgan fingerprint density at radius 2 is 1.85 bits per heavy atom. The highest BCUT2D eigenvalue weighted by Gasteiger charge is 2.47. The van der Waals surface area contributed by atoms with Crippen LogP contribution in [0.4, 0.5) is 18.9 Å². The number of hydrogen-bond acceptors (Lipinski definition) is 6. The minimum atomic E-state index is -4.84. The van der Waals surface area contributed by atoms with E-state index in [-0.39, 0.29) is 49.0 Å². The van der Waals surface area contributed by atoms with E-state index in [4.69, 9.17) is 0 Å². The number of amides is 1. The lowest BCUT2D eigenvalue weighted by atomic mass is 9.89. The van der Waals surface area contributed by atoms with Crippen molar-refractivity contribution in [1.82, 2.24) is 9.62 Å². The highest BCUT2D eigenvalue weighted by atomic mass is 32.2. The van der Waals surface area contributed by atoms with E-state index in [0.717, 1.165) is 28.9 Å². The van der Waals surface area contributed by atoms with Crippen LogP contribution in [-0.4, -0.2) is 61.3 Å². The highest BCUT2D eigenvalue weighted by Crippen LogP contribution is 2.33. The Bertz CT molecular complexity index is 1400. The van der Waals surface area contributed by atoms with Crippen molar-refractivity contribution < 1.29 is 31.1 Å². The minimum Gasteiger partial charge on any atom is -0.406 e. The van der Waals surface area contributed by atoms with Crippen molar-refractivity contribution in [1.29, 1.82) is 0 Å². The molecule has 5 rings (SSSR count). The van der Waals surface area contributed by atoms with E-state index >= 15 is 0 Å². The van der Waals surface area contributed by atoms with E-state index < -0.39 is 27.7 Å². The highest BCUT2D eigenvalue weighted by molar-refractivity contribution is 7.89. The summed E-state index contributed by atoms with van der Waals surface area (Å²) in [6.45, 7) is 2.26. The number of halogens is 3. The zero-order valence-corrected chi connectivity index (χ0v) is 23.1. The molecule has 0 bridgehead atoms. The number of ether oxygens (including phenoxy) is 1. The molecule has 8 nitrogen and oxygen atoms in total. The summed E-state index contributed by atoms with van der Waals surface area (Å²) in [7, 11) is -3.56. The van der Waals surface area contributed by atoms with E-state index in [1.807, 2.05) is 19.1 Å². The smallest absolute Gasteiger partial charge is 0.406 e. The number of amidine groups is 1. The Balaban J connectivity index is 1.19. The summed E-state index contributed by atoms with van der Waals surface area (Å²) >= 11 is 0. The van der Waals surface area contributed by atoms with E-state index in [2.05, 4.69) is 26.4 Å². The number of carbonyl (C=O) groups excluding carboxylic acids is 1. The quantitative estimate of drug-likeness (QED) is 0.480. The molecule has 2 heterocycles. The predicted molar refractivity (Wildman–Crippen MR) is 146 cm³/mol. The first kappa shape index (κ1) is 28.4. The van der Waals surface area contributed by atoms with E-state index in [1.165, 1.54) is 42.1 Å². The summed E-state index contributed by atoms with van der Waals surface area (Å²) in [5.41, 5.74) is 2.22. The van der Waals surface area contributed by atoms with Crippen LogP contribution in [0.2, 0.25) is 0 Å². The van der Waals surface area contributed by atoms with Gasteiger partial charge in [-0.3, -0.25) is 9.79 Å². The topological polar surface area (TPSA) is 100 Å². The van der Waals surface area contributed by atoms with E-state index in [9.17, 15) is 26.4 Å². The summed E-state index contributed by atoms with van der Waals surface area (Å²) in [6, 6.07) is 11.8. The van der Waals surface area contributed by atoms with Gasteiger partial charge in [-0.15, -0.1) is 13.2 Å². The molecule has 2 aromatic carbocycles. The van der Waals surface area contributed by atoms with E-state index in [1.54, 1.807) is 0 Å². The average molecular weight is 579 g/mol.